The van der Waals surface area contributed by atoms with Crippen LogP contribution in [0.15, 0.2) is 42.6 Å². The zero-order chi connectivity index (χ0) is 20.0. The topological polar surface area (TPSA) is 44.1 Å². The lowest BCUT2D eigenvalue weighted by Gasteiger charge is -2.21. The maximum atomic E-state index is 13.5. The Morgan fingerprint density at radius 3 is 2.44 bits per heavy atom. The highest BCUT2D eigenvalue weighted by molar-refractivity contribution is 6.30. The second kappa shape index (κ2) is 6.56. The molecule has 142 valence electrons. The van der Waals surface area contributed by atoms with Crippen LogP contribution in [0, 0.1) is 0 Å². The van der Waals surface area contributed by atoms with E-state index in [2.05, 4.69) is 4.98 Å². The summed E-state index contributed by atoms with van der Waals surface area (Å²) in [4.78, 5) is 16.7. The molecule has 27 heavy (non-hydrogen) atoms. The Labute approximate surface area is 158 Å². The van der Waals surface area contributed by atoms with E-state index in [4.69, 9.17) is 16.3 Å². The molecule has 0 unspecified atom stereocenters. The number of halogens is 4. The summed E-state index contributed by atoms with van der Waals surface area (Å²) in [7, 11) is 0. The van der Waals surface area contributed by atoms with Crippen molar-refractivity contribution in [2.24, 2.45) is 0 Å². The van der Waals surface area contributed by atoms with Crippen LogP contribution in [-0.4, -0.2) is 21.2 Å². The van der Waals surface area contributed by atoms with Crippen LogP contribution in [0.1, 0.15) is 26.3 Å². The predicted molar refractivity (Wildman–Crippen MR) is 96.8 cm³/mol. The Morgan fingerprint density at radius 1 is 1.15 bits per heavy atom. The van der Waals surface area contributed by atoms with Crippen molar-refractivity contribution in [3.8, 4) is 11.3 Å². The lowest BCUT2D eigenvalue weighted by molar-refractivity contribution is -0.137. The summed E-state index contributed by atoms with van der Waals surface area (Å²) >= 11 is 5.93. The number of alkyl halides is 3. The van der Waals surface area contributed by atoms with Crippen LogP contribution in [0.4, 0.5) is 18.0 Å². The van der Waals surface area contributed by atoms with Gasteiger partial charge in [0.2, 0.25) is 0 Å². The molecule has 0 aliphatic rings. The van der Waals surface area contributed by atoms with Gasteiger partial charge in [0.1, 0.15) is 10.8 Å². The van der Waals surface area contributed by atoms with Gasteiger partial charge in [-0.25, -0.2) is 14.3 Å². The van der Waals surface area contributed by atoms with Crippen molar-refractivity contribution in [2.75, 3.05) is 0 Å². The molecular formula is C19H16ClF3N2O2. The van der Waals surface area contributed by atoms with Crippen LogP contribution >= 0.6 is 11.6 Å². The molecule has 2 aromatic heterocycles. The van der Waals surface area contributed by atoms with E-state index in [-0.39, 0.29) is 16.4 Å². The van der Waals surface area contributed by atoms with Gasteiger partial charge >= 0.3 is 12.3 Å². The summed E-state index contributed by atoms with van der Waals surface area (Å²) in [5.74, 6) is 0. The van der Waals surface area contributed by atoms with Crippen molar-refractivity contribution in [1.29, 1.82) is 0 Å². The number of hydrogen-bond donors (Lipinski definition) is 0. The van der Waals surface area contributed by atoms with Gasteiger partial charge in [0.25, 0.3) is 0 Å². The number of aromatic nitrogens is 2. The molecule has 2 heterocycles. The Bertz CT molecular complexity index is 1020. The van der Waals surface area contributed by atoms with Gasteiger partial charge in [-0.2, -0.15) is 13.2 Å². The maximum absolute atomic E-state index is 13.5. The van der Waals surface area contributed by atoms with E-state index < -0.39 is 23.4 Å². The fraction of sp³-hybridized carbons (Fsp3) is 0.263. The number of hydrogen-bond acceptors (Lipinski definition) is 3. The van der Waals surface area contributed by atoms with E-state index in [1.165, 1.54) is 36.5 Å². The molecule has 0 saturated heterocycles. The first-order valence-corrected chi connectivity index (χ1v) is 8.42. The first kappa shape index (κ1) is 19.2. The first-order valence-electron chi connectivity index (χ1n) is 8.04. The third-order valence-corrected chi connectivity index (χ3v) is 3.94. The zero-order valence-corrected chi connectivity index (χ0v) is 15.5. The van der Waals surface area contributed by atoms with Gasteiger partial charge in [-0.05, 0) is 32.9 Å². The monoisotopic (exact) mass is 396 g/mol. The van der Waals surface area contributed by atoms with Crippen molar-refractivity contribution in [2.45, 2.75) is 32.5 Å². The van der Waals surface area contributed by atoms with Crippen molar-refractivity contribution >= 4 is 28.6 Å². The van der Waals surface area contributed by atoms with Gasteiger partial charge in [0.05, 0.1) is 16.8 Å². The van der Waals surface area contributed by atoms with Crippen LogP contribution in [0.5, 0.6) is 0 Å². The summed E-state index contributed by atoms with van der Waals surface area (Å²) in [5, 5.41) is 0.582. The molecule has 0 aliphatic carbocycles. The number of nitrogens with zero attached hydrogens (tertiary/aromatic N) is 2. The molecule has 3 aromatic rings. The van der Waals surface area contributed by atoms with E-state index in [1.54, 1.807) is 20.8 Å². The molecular weight excluding hydrogens is 381 g/mol. The Kier molecular flexibility index (Phi) is 4.67. The van der Waals surface area contributed by atoms with E-state index in [0.29, 0.717) is 10.9 Å². The molecule has 0 atom stereocenters. The fourth-order valence-electron chi connectivity index (χ4n) is 2.73. The fourth-order valence-corrected chi connectivity index (χ4v) is 2.89. The van der Waals surface area contributed by atoms with Gasteiger partial charge in [0, 0.05) is 23.2 Å². The number of ether oxygens (including phenoxy) is 1. The quantitative estimate of drug-likeness (QED) is 0.463. The molecule has 8 heteroatoms. The first-order chi connectivity index (χ1) is 12.5. The minimum absolute atomic E-state index is 0.0521. The summed E-state index contributed by atoms with van der Waals surface area (Å²) in [6.45, 7) is 5.03. The molecule has 0 spiro atoms. The van der Waals surface area contributed by atoms with Crippen LogP contribution in [0.2, 0.25) is 5.15 Å². The van der Waals surface area contributed by atoms with E-state index >= 15 is 0 Å². The highest BCUT2D eigenvalue weighted by atomic mass is 35.5. The van der Waals surface area contributed by atoms with Crippen molar-refractivity contribution in [3.63, 3.8) is 0 Å². The van der Waals surface area contributed by atoms with E-state index in [1.807, 2.05) is 0 Å². The average Bonchev–Trinajstić information content (AvgIpc) is 2.91. The normalized spacial score (nSPS) is 12.4. The standard InChI is InChI=1S/C19H16ClF3N2O2/c1-18(2,3)27-17(26)25-14-9-16(20)24-10-11(14)8-15(25)12-6-4-5-7-13(12)19(21,22)23/h4-10H,1-3H3. The average molecular weight is 397 g/mol. The Hall–Kier alpha value is -2.54. The smallest absolute Gasteiger partial charge is 0.419 e. The molecule has 0 amide bonds. The summed E-state index contributed by atoms with van der Waals surface area (Å²) in [6.07, 6.45) is -3.98. The molecule has 0 saturated carbocycles. The SMILES string of the molecule is CC(C)(C)OC(=O)n1c(-c2ccccc2C(F)(F)F)cc2cnc(Cl)cc21. The van der Waals surface area contributed by atoms with Crippen LogP contribution in [0.3, 0.4) is 0 Å². The lowest BCUT2D eigenvalue weighted by atomic mass is 10.0. The van der Waals surface area contributed by atoms with Gasteiger partial charge in [0.15, 0.2) is 0 Å². The van der Waals surface area contributed by atoms with Crippen LogP contribution in [-0.2, 0) is 10.9 Å². The molecule has 0 radical (unpaired) electrons. The van der Waals surface area contributed by atoms with Crippen LogP contribution in [0.25, 0.3) is 22.2 Å². The van der Waals surface area contributed by atoms with Crippen molar-refractivity contribution < 1.29 is 22.7 Å². The minimum atomic E-state index is -4.58. The molecule has 0 aliphatic heterocycles. The van der Waals surface area contributed by atoms with Gasteiger partial charge in [-0.15, -0.1) is 0 Å². The highest BCUT2D eigenvalue weighted by Gasteiger charge is 2.35. The van der Waals surface area contributed by atoms with Gasteiger partial charge in [-0.3, -0.25) is 0 Å². The number of benzene rings is 1. The summed E-state index contributed by atoms with van der Waals surface area (Å²) < 4.78 is 47.0. The third-order valence-electron chi connectivity index (χ3n) is 3.74. The second-order valence-corrected chi connectivity index (χ2v) is 7.34. The molecule has 0 bridgehead atoms. The molecule has 0 N–H and O–H groups in total. The highest BCUT2D eigenvalue weighted by Crippen LogP contribution is 2.39. The number of carbonyl (C=O) groups excluding carboxylic acids is 1. The van der Waals surface area contributed by atoms with E-state index in [0.717, 1.165) is 10.6 Å². The number of fused-ring (bicyclic) bond motifs is 1. The molecule has 0 fully saturated rings. The van der Waals surface area contributed by atoms with Crippen molar-refractivity contribution in [1.82, 2.24) is 9.55 Å². The van der Waals surface area contributed by atoms with E-state index in [9.17, 15) is 18.0 Å². The summed E-state index contributed by atoms with van der Waals surface area (Å²) in [6, 6.07) is 7.94. The second-order valence-electron chi connectivity index (χ2n) is 6.95. The lowest BCUT2D eigenvalue weighted by Crippen LogP contribution is -2.27. The minimum Gasteiger partial charge on any atom is -0.443 e. The molecule has 4 nitrogen and oxygen atoms in total. The number of carbonyl (C=O) groups is 1. The van der Waals surface area contributed by atoms with Crippen LogP contribution < -0.4 is 0 Å². The Morgan fingerprint density at radius 2 is 1.81 bits per heavy atom. The number of rotatable bonds is 1. The largest absolute Gasteiger partial charge is 0.443 e. The maximum Gasteiger partial charge on any atom is 0.419 e. The molecule has 1 aromatic carbocycles. The Balaban J connectivity index is 2.32. The predicted octanol–water partition coefficient (Wildman–Crippen LogP) is 6.16. The van der Waals surface area contributed by atoms with Gasteiger partial charge in [-0.1, -0.05) is 29.8 Å². The van der Waals surface area contributed by atoms with Gasteiger partial charge < -0.3 is 4.74 Å². The van der Waals surface area contributed by atoms with Crippen molar-refractivity contribution in [3.05, 3.63) is 53.3 Å². The number of pyridine rings is 1. The summed E-state index contributed by atoms with van der Waals surface area (Å²) in [5.41, 5.74) is -1.45. The zero-order valence-electron chi connectivity index (χ0n) is 14.8. The molecule has 3 rings (SSSR count). The third kappa shape index (κ3) is 3.93.